The van der Waals surface area contributed by atoms with Gasteiger partial charge in [-0.15, -0.1) is 0 Å². The van der Waals surface area contributed by atoms with Gasteiger partial charge in [0.05, 0.1) is 19.3 Å². The van der Waals surface area contributed by atoms with Crippen molar-refractivity contribution < 1.29 is 14.6 Å². The third-order valence-corrected chi connectivity index (χ3v) is 7.55. The van der Waals surface area contributed by atoms with E-state index in [1.807, 2.05) is 27.0 Å². The number of methoxy groups -OCH3 is 1. The fourth-order valence-corrected chi connectivity index (χ4v) is 5.34. The summed E-state index contributed by atoms with van der Waals surface area (Å²) >= 11 is 0. The Labute approximate surface area is 192 Å². The highest BCUT2D eigenvalue weighted by Crippen LogP contribution is 2.49. The van der Waals surface area contributed by atoms with E-state index >= 15 is 0 Å². The van der Waals surface area contributed by atoms with Crippen molar-refractivity contribution in [3.8, 4) is 11.6 Å². The summed E-state index contributed by atoms with van der Waals surface area (Å²) < 4.78 is 11.7. The van der Waals surface area contributed by atoms with Gasteiger partial charge in [-0.2, -0.15) is 4.98 Å². The van der Waals surface area contributed by atoms with Gasteiger partial charge in [0.15, 0.2) is 0 Å². The van der Waals surface area contributed by atoms with E-state index in [-0.39, 0.29) is 0 Å². The smallest absolute Gasteiger partial charge is 0.220 e. The lowest BCUT2D eigenvalue weighted by Gasteiger charge is -2.36. The van der Waals surface area contributed by atoms with Crippen LogP contribution >= 0.6 is 0 Å². The molecule has 2 saturated carbocycles. The number of aryl methyl sites for hydroxylation is 2. The number of aromatic nitrogens is 2. The molecule has 0 radical (unpaired) electrons. The number of hydrogen-bond acceptors (Lipinski definition) is 5. The van der Waals surface area contributed by atoms with Crippen LogP contribution < -0.4 is 9.47 Å². The summed E-state index contributed by atoms with van der Waals surface area (Å²) in [5.41, 5.74) is 3.35. The number of hydrogen-bond donors (Lipinski definition) is 1. The predicted octanol–water partition coefficient (Wildman–Crippen LogP) is 5.58. The lowest BCUT2D eigenvalue weighted by Crippen LogP contribution is -2.33. The van der Waals surface area contributed by atoms with Gasteiger partial charge in [-0.05, 0) is 100 Å². The zero-order valence-electron chi connectivity index (χ0n) is 20.2. The van der Waals surface area contributed by atoms with E-state index < -0.39 is 5.60 Å². The second kappa shape index (κ2) is 9.38. The Bertz CT molecular complexity index is 929. The van der Waals surface area contributed by atoms with Crippen LogP contribution in [0.25, 0.3) is 0 Å². The molecule has 4 rings (SSSR count). The molecule has 1 N–H and O–H groups in total. The summed E-state index contributed by atoms with van der Waals surface area (Å²) in [4.78, 5) is 9.15. The Morgan fingerprint density at radius 2 is 1.88 bits per heavy atom. The Morgan fingerprint density at radius 3 is 2.53 bits per heavy atom. The van der Waals surface area contributed by atoms with E-state index in [1.165, 1.54) is 11.1 Å². The van der Waals surface area contributed by atoms with E-state index in [2.05, 4.69) is 35.1 Å². The number of rotatable bonds is 8. The number of nitrogens with zero attached hydrogens (tertiary/aromatic N) is 2. The SMILES string of the molecule is CCc1cc(OC)ccc1[C@H]1C[C@@H]1COc1nc(C)ncc1C1CCC(C(C)(C)O)CC1. The highest BCUT2D eigenvalue weighted by molar-refractivity contribution is 5.40. The molecule has 2 aromatic rings. The van der Waals surface area contributed by atoms with Crippen molar-refractivity contribution in [1.29, 1.82) is 0 Å². The van der Waals surface area contributed by atoms with Crippen molar-refractivity contribution in [2.24, 2.45) is 11.8 Å². The fourth-order valence-electron chi connectivity index (χ4n) is 5.34. The predicted molar refractivity (Wildman–Crippen MR) is 126 cm³/mol. The second-order valence-electron chi connectivity index (χ2n) is 10.2. The maximum Gasteiger partial charge on any atom is 0.220 e. The van der Waals surface area contributed by atoms with Gasteiger partial charge in [0.1, 0.15) is 11.6 Å². The van der Waals surface area contributed by atoms with Crippen LogP contribution in [-0.4, -0.2) is 34.4 Å². The molecule has 2 aliphatic carbocycles. The van der Waals surface area contributed by atoms with Crippen LogP contribution in [0.5, 0.6) is 11.6 Å². The quantitative estimate of drug-likeness (QED) is 0.583. The molecule has 2 atom stereocenters. The van der Waals surface area contributed by atoms with Crippen LogP contribution in [-0.2, 0) is 6.42 Å². The van der Waals surface area contributed by atoms with Gasteiger partial charge in [-0.3, -0.25) is 0 Å². The average molecular weight is 439 g/mol. The summed E-state index contributed by atoms with van der Waals surface area (Å²) in [5, 5.41) is 10.4. The van der Waals surface area contributed by atoms with Gasteiger partial charge in [-0.25, -0.2) is 4.98 Å². The van der Waals surface area contributed by atoms with E-state index in [1.54, 1.807) is 7.11 Å². The first-order valence-electron chi connectivity index (χ1n) is 12.2. The first-order chi connectivity index (χ1) is 15.3. The zero-order valence-corrected chi connectivity index (χ0v) is 20.2. The molecule has 0 amide bonds. The lowest BCUT2D eigenvalue weighted by molar-refractivity contribution is -0.00168. The molecular formula is C27H38N2O3. The molecule has 0 aliphatic heterocycles. The molecule has 5 nitrogen and oxygen atoms in total. The molecule has 2 fully saturated rings. The number of ether oxygens (including phenoxy) is 2. The van der Waals surface area contributed by atoms with E-state index in [9.17, 15) is 5.11 Å². The van der Waals surface area contributed by atoms with Crippen LogP contribution in [0.4, 0.5) is 0 Å². The van der Waals surface area contributed by atoms with Gasteiger partial charge in [0, 0.05) is 17.7 Å². The molecule has 0 spiro atoms. The van der Waals surface area contributed by atoms with Gasteiger partial charge in [-0.1, -0.05) is 13.0 Å². The average Bonchev–Trinajstić information content (AvgIpc) is 3.56. The molecule has 32 heavy (non-hydrogen) atoms. The Balaban J connectivity index is 1.40. The summed E-state index contributed by atoms with van der Waals surface area (Å²) in [5.74, 6) is 4.31. The molecule has 0 bridgehead atoms. The molecule has 1 heterocycles. The van der Waals surface area contributed by atoms with Crippen LogP contribution in [0, 0.1) is 18.8 Å². The zero-order chi connectivity index (χ0) is 22.9. The minimum absolute atomic E-state index is 0.360. The second-order valence-corrected chi connectivity index (χ2v) is 10.2. The van der Waals surface area contributed by atoms with Gasteiger partial charge < -0.3 is 14.6 Å². The molecular weight excluding hydrogens is 400 g/mol. The van der Waals surface area contributed by atoms with Crippen molar-refractivity contribution in [3.05, 3.63) is 46.9 Å². The first-order valence-corrected chi connectivity index (χ1v) is 12.2. The Morgan fingerprint density at radius 1 is 1.12 bits per heavy atom. The Hall–Kier alpha value is -2.14. The van der Waals surface area contributed by atoms with Gasteiger partial charge >= 0.3 is 0 Å². The monoisotopic (exact) mass is 438 g/mol. The molecule has 5 heteroatoms. The van der Waals surface area contributed by atoms with Gasteiger partial charge in [0.2, 0.25) is 5.88 Å². The summed E-state index contributed by atoms with van der Waals surface area (Å²) in [6.45, 7) is 8.68. The van der Waals surface area contributed by atoms with Crippen molar-refractivity contribution in [1.82, 2.24) is 9.97 Å². The molecule has 2 aliphatic rings. The lowest BCUT2D eigenvalue weighted by atomic mass is 9.73. The minimum atomic E-state index is -0.603. The third-order valence-electron chi connectivity index (χ3n) is 7.55. The molecule has 0 unspecified atom stereocenters. The van der Waals surface area contributed by atoms with E-state index in [0.717, 1.165) is 61.5 Å². The standard InChI is InChI=1S/C27H38N2O3/c1-6-18-13-22(31-5)11-12-23(18)24-14-20(24)16-32-26-25(15-28-17(2)29-26)19-7-9-21(10-8-19)27(3,4)30/h11-13,15,19-21,24,30H,6-10,14,16H2,1-5H3/t19?,20-,21?,24+/m1/s1. The maximum atomic E-state index is 10.4. The molecule has 1 aromatic heterocycles. The highest BCUT2D eigenvalue weighted by atomic mass is 16.5. The topological polar surface area (TPSA) is 64.5 Å². The van der Waals surface area contributed by atoms with E-state index in [0.29, 0.717) is 30.3 Å². The minimum Gasteiger partial charge on any atom is -0.497 e. The van der Waals surface area contributed by atoms with Crippen molar-refractivity contribution in [3.63, 3.8) is 0 Å². The van der Waals surface area contributed by atoms with Crippen LogP contribution in [0.3, 0.4) is 0 Å². The first kappa shape index (κ1) is 23.0. The summed E-state index contributed by atoms with van der Waals surface area (Å²) in [6, 6.07) is 6.46. The van der Waals surface area contributed by atoms with Crippen molar-refractivity contribution in [2.45, 2.75) is 83.7 Å². The van der Waals surface area contributed by atoms with Crippen molar-refractivity contribution in [2.75, 3.05) is 13.7 Å². The van der Waals surface area contributed by atoms with E-state index in [4.69, 9.17) is 9.47 Å². The number of aliphatic hydroxyl groups is 1. The molecule has 0 saturated heterocycles. The van der Waals surface area contributed by atoms with Crippen LogP contribution in [0.2, 0.25) is 0 Å². The highest BCUT2D eigenvalue weighted by Gasteiger charge is 2.40. The Kier molecular flexibility index (Phi) is 6.75. The molecule has 174 valence electrons. The van der Waals surface area contributed by atoms with Gasteiger partial charge in [0.25, 0.3) is 0 Å². The maximum absolute atomic E-state index is 10.4. The molecule has 1 aromatic carbocycles. The summed E-state index contributed by atoms with van der Waals surface area (Å²) in [6.07, 6.45) is 8.31. The largest absolute Gasteiger partial charge is 0.497 e. The summed E-state index contributed by atoms with van der Waals surface area (Å²) in [7, 11) is 1.72. The third kappa shape index (κ3) is 5.09. The normalized spacial score (nSPS) is 25.4. The number of benzene rings is 1. The van der Waals surface area contributed by atoms with Crippen molar-refractivity contribution >= 4 is 0 Å². The fraction of sp³-hybridized carbons (Fsp3) is 0.630. The van der Waals surface area contributed by atoms with Crippen LogP contribution in [0.15, 0.2) is 24.4 Å². The van der Waals surface area contributed by atoms with Crippen LogP contribution in [0.1, 0.15) is 87.2 Å².